The average molecular weight is 247 g/mol. The molecule has 0 bridgehead atoms. The molecule has 0 saturated carbocycles. The van der Waals surface area contributed by atoms with Gasteiger partial charge in [0.15, 0.2) is 0 Å². The number of nitrogens with one attached hydrogen (secondary N) is 1. The van der Waals surface area contributed by atoms with E-state index in [1.807, 2.05) is 0 Å². The number of carboxylic acid groups (broad SMARTS) is 1. The second-order valence-corrected chi connectivity index (χ2v) is 5.01. The minimum Gasteiger partial charge on any atom is -0.480 e. The third-order valence-corrected chi connectivity index (χ3v) is 2.06. The summed E-state index contributed by atoms with van der Waals surface area (Å²) in [5.41, 5.74) is -2.05. The molecule has 0 unspecified atom stereocenters. The smallest absolute Gasteiger partial charge is 0.408 e. The molecule has 0 radical (unpaired) electrons. The predicted octanol–water partition coefficient (Wildman–Crippen LogP) is 1.39. The number of methoxy groups -OCH3 is 1. The fourth-order valence-corrected chi connectivity index (χ4v) is 1.06. The van der Waals surface area contributed by atoms with E-state index in [0.717, 1.165) is 0 Å². The van der Waals surface area contributed by atoms with Gasteiger partial charge in [-0.2, -0.15) is 0 Å². The fourth-order valence-electron chi connectivity index (χ4n) is 1.06. The normalized spacial score (nSPS) is 14.9. The molecule has 6 nitrogen and oxygen atoms in total. The van der Waals surface area contributed by atoms with Crippen LogP contribution in [0, 0.1) is 0 Å². The van der Waals surface area contributed by atoms with E-state index < -0.39 is 23.2 Å². The lowest BCUT2D eigenvalue weighted by atomic mass is 9.99. The molecule has 0 aromatic carbocycles. The summed E-state index contributed by atoms with van der Waals surface area (Å²) in [6, 6.07) is 0. The van der Waals surface area contributed by atoms with Crippen LogP contribution in [0.25, 0.3) is 0 Å². The Hall–Kier alpha value is -1.30. The molecule has 0 heterocycles. The van der Waals surface area contributed by atoms with Crippen molar-refractivity contribution in [3.05, 3.63) is 0 Å². The molecule has 1 atom stereocenters. The van der Waals surface area contributed by atoms with Crippen molar-refractivity contribution in [2.75, 3.05) is 13.7 Å². The van der Waals surface area contributed by atoms with Crippen LogP contribution in [0.3, 0.4) is 0 Å². The number of amides is 1. The second kappa shape index (κ2) is 5.86. The molecular weight excluding hydrogens is 226 g/mol. The minimum absolute atomic E-state index is 0.165. The number of rotatable bonds is 5. The molecule has 1 amide bonds. The maximum atomic E-state index is 11.5. The maximum absolute atomic E-state index is 11.5. The largest absolute Gasteiger partial charge is 0.480 e. The third kappa shape index (κ3) is 6.11. The van der Waals surface area contributed by atoms with Gasteiger partial charge in [0.05, 0.1) is 0 Å². The van der Waals surface area contributed by atoms with Gasteiger partial charge in [0, 0.05) is 20.1 Å². The Bertz CT molecular complexity index is 284. The van der Waals surface area contributed by atoms with Crippen molar-refractivity contribution in [3.8, 4) is 0 Å². The summed E-state index contributed by atoms with van der Waals surface area (Å²) in [6.07, 6.45) is -0.587. The lowest BCUT2D eigenvalue weighted by molar-refractivity contribution is -0.144. The molecule has 0 aliphatic heterocycles. The van der Waals surface area contributed by atoms with E-state index in [2.05, 4.69) is 5.32 Å². The topological polar surface area (TPSA) is 84.9 Å². The Morgan fingerprint density at radius 1 is 1.24 bits per heavy atom. The van der Waals surface area contributed by atoms with Crippen LogP contribution in [0.1, 0.15) is 34.1 Å². The number of carbonyl (C=O) groups is 2. The number of carboxylic acids is 1. The first-order valence-electron chi connectivity index (χ1n) is 5.34. The van der Waals surface area contributed by atoms with Crippen LogP contribution in [0.4, 0.5) is 4.79 Å². The van der Waals surface area contributed by atoms with Crippen molar-refractivity contribution >= 4 is 12.1 Å². The van der Waals surface area contributed by atoms with Gasteiger partial charge < -0.3 is 19.9 Å². The predicted molar refractivity (Wildman–Crippen MR) is 61.9 cm³/mol. The maximum Gasteiger partial charge on any atom is 0.408 e. The number of carbonyl (C=O) groups excluding carboxylic acids is 1. The first kappa shape index (κ1) is 15.7. The number of hydrogen-bond acceptors (Lipinski definition) is 4. The zero-order valence-corrected chi connectivity index (χ0v) is 11.0. The van der Waals surface area contributed by atoms with E-state index in [9.17, 15) is 9.59 Å². The van der Waals surface area contributed by atoms with Crippen molar-refractivity contribution in [2.45, 2.75) is 45.3 Å². The second-order valence-electron chi connectivity index (χ2n) is 5.01. The average Bonchev–Trinajstić information content (AvgIpc) is 2.11. The van der Waals surface area contributed by atoms with Crippen LogP contribution in [-0.4, -0.2) is 42.0 Å². The van der Waals surface area contributed by atoms with Crippen molar-refractivity contribution in [2.24, 2.45) is 0 Å². The summed E-state index contributed by atoms with van der Waals surface area (Å²) < 4.78 is 9.82. The van der Waals surface area contributed by atoms with Crippen molar-refractivity contribution < 1.29 is 24.2 Å². The zero-order valence-electron chi connectivity index (χ0n) is 11.0. The molecule has 0 aliphatic carbocycles. The SMILES string of the molecule is COCC[C@](C)(NC(=O)OC(C)(C)C)C(=O)O. The van der Waals surface area contributed by atoms with Gasteiger partial charge in [0.1, 0.15) is 11.1 Å². The van der Waals surface area contributed by atoms with Gasteiger partial charge in [-0.15, -0.1) is 0 Å². The monoisotopic (exact) mass is 247 g/mol. The van der Waals surface area contributed by atoms with Crippen molar-refractivity contribution in [1.29, 1.82) is 0 Å². The molecule has 0 aromatic rings. The van der Waals surface area contributed by atoms with Crippen LogP contribution in [-0.2, 0) is 14.3 Å². The van der Waals surface area contributed by atoms with E-state index in [4.69, 9.17) is 14.6 Å². The quantitative estimate of drug-likeness (QED) is 0.766. The molecule has 0 saturated heterocycles. The number of ether oxygens (including phenoxy) is 2. The molecule has 0 spiro atoms. The Kier molecular flexibility index (Phi) is 5.41. The molecule has 0 rings (SSSR count). The van der Waals surface area contributed by atoms with Crippen LogP contribution < -0.4 is 5.32 Å². The van der Waals surface area contributed by atoms with Crippen LogP contribution in [0.2, 0.25) is 0 Å². The fraction of sp³-hybridized carbons (Fsp3) is 0.818. The highest BCUT2D eigenvalue weighted by molar-refractivity contribution is 5.83. The number of alkyl carbamates (subject to hydrolysis) is 1. The summed E-state index contributed by atoms with van der Waals surface area (Å²) >= 11 is 0. The summed E-state index contributed by atoms with van der Waals surface area (Å²) in [5, 5.41) is 11.4. The molecule has 6 heteroatoms. The van der Waals surface area contributed by atoms with E-state index in [1.54, 1.807) is 20.8 Å². The Morgan fingerprint density at radius 3 is 2.12 bits per heavy atom. The lowest BCUT2D eigenvalue weighted by Crippen LogP contribution is -2.54. The Labute approximate surface area is 101 Å². The third-order valence-electron chi connectivity index (χ3n) is 2.06. The summed E-state index contributed by atoms with van der Waals surface area (Å²) in [6.45, 7) is 6.77. The Balaban J connectivity index is 4.55. The summed E-state index contributed by atoms with van der Waals surface area (Å²) in [4.78, 5) is 22.6. The van der Waals surface area contributed by atoms with Crippen LogP contribution in [0.15, 0.2) is 0 Å². The van der Waals surface area contributed by atoms with E-state index in [0.29, 0.717) is 0 Å². The van der Waals surface area contributed by atoms with Crippen molar-refractivity contribution in [3.63, 3.8) is 0 Å². The molecule has 0 fully saturated rings. The highest BCUT2D eigenvalue weighted by Crippen LogP contribution is 2.13. The minimum atomic E-state index is -1.39. The highest BCUT2D eigenvalue weighted by Gasteiger charge is 2.36. The van der Waals surface area contributed by atoms with Crippen molar-refractivity contribution in [1.82, 2.24) is 5.32 Å². The standard InChI is InChI=1S/C11H21NO5/c1-10(2,3)17-9(15)12-11(4,8(13)14)6-7-16-5/h6-7H2,1-5H3,(H,12,15)(H,13,14)/t11-/m0/s1. The zero-order chi connectivity index (χ0) is 13.7. The van der Waals surface area contributed by atoms with Gasteiger partial charge in [0.25, 0.3) is 0 Å². The first-order valence-corrected chi connectivity index (χ1v) is 5.34. The van der Waals surface area contributed by atoms with Gasteiger partial charge in [-0.3, -0.25) is 0 Å². The van der Waals surface area contributed by atoms with Gasteiger partial charge in [-0.05, 0) is 27.7 Å². The number of hydrogen-bond donors (Lipinski definition) is 2. The molecule has 2 N–H and O–H groups in total. The summed E-state index contributed by atoms with van der Waals surface area (Å²) in [7, 11) is 1.47. The molecule has 17 heavy (non-hydrogen) atoms. The molecule has 100 valence electrons. The first-order chi connectivity index (χ1) is 7.60. The lowest BCUT2D eigenvalue weighted by Gasteiger charge is -2.28. The van der Waals surface area contributed by atoms with Gasteiger partial charge >= 0.3 is 12.1 Å². The van der Waals surface area contributed by atoms with Gasteiger partial charge in [-0.25, -0.2) is 9.59 Å². The van der Waals surface area contributed by atoms with Crippen LogP contribution >= 0.6 is 0 Å². The molecule has 0 aliphatic rings. The van der Waals surface area contributed by atoms with Crippen LogP contribution in [0.5, 0.6) is 0 Å². The molecule has 0 aromatic heterocycles. The summed E-state index contributed by atoms with van der Waals surface area (Å²) in [5.74, 6) is -1.12. The van der Waals surface area contributed by atoms with Gasteiger partial charge in [-0.1, -0.05) is 0 Å². The Morgan fingerprint density at radius 2 is 1.76 bits per heavy atom. The number of aliphatic carboxylic acids is 1. The van der Waals surface area contributed by atoms with E-state index in [-0.39, 0.29) is 13.0 Å². The molecular formula is C11H21NO5. The van der Waals surface area contributed by atoms with E-state index >= 15 is 0 Å². The highest BCUT2D eigenvalue weighted by atomic mass is 16.6. The van der Waals surface area contributed by atoms with Gasteiger partial charge in [0.2, 0.25) is 0 Å². The van der Waals surface area contributed by atoms with E-state index in [1.165, 1.54) is 14.0 Å².